The minimum absolute atomic E-state index is 0.135. The third-order valence-corrected chi connectivity index (χ3v) is 4.84. The Hall–Kier alpha value is -1.05. The summed E-state index contributed by atoms with van der Waals surface area (Å²) in [6.45, 7) is 21.7. The van der Waals surface area contributed by atoms with Crippen LogP contribution in [-0.2, 0) is 4.79 Å². The molecule has 120 valence electrons. The lowest BCUT2D eigenvalue weighted by Crippen LogP contribution is -2.49. The van der Waals surface area contributed by atoms with Crippen molar-refractivity contribution in [3.63, 3.8) is 0 Å². The SMILES string of the molecule is CC1=C(C)C(C)(C)N(C(C)C)C(C(C)C)=C(C(C)C)C1=O. The summed E-state index contributed by atoms with van der Waals surface area (Å²) >= 11 is 0. The second kappa shape index (κ2) is 5.98. The molecule has 0 saturated heterocycles. The molecule has 0 N–H and O–H groups in total. The first-order valence-electron chi connectivity index (χ1n) is 8.20. The Labute approximate surface area is 131 Å². The van der Waals surface area contributed by atoms with Gasteiger partial charge in [0.15, 0.2) is 5.78 Å². The van der Waals surface area contributed by atoms with E-state index in [0.29, 0.717) is 12.0 Å². The number of ketones is 1. The van der Waals surface area contributed by atoms with Gasteiger partial charge in [0.1, 0.15) is 0 Å². The molecule has 0 radical (unpaired) electrons. The van der Waals surface area contributed by atoms with Gasteiger partial charge in [-0.05, 0) is 64.5 Å². The van der Waals surface area contributed by atoms with E-state index in [2.05, 4.69) is 67.2 Å². The van der Waals surface area contributed by atoms with Gasteiger partial charge in [0.05, 0.1) is 5.54 Å². The van der Waals surface area contributed by atoms with Gasteiger partial charge in [-0.25, -0.2) is 0 Å². The van der Waals surface area contributed by atoms with Crippen LogP contribution in [0.1, 0.15) is 69.2 Å². The minimum Gasteiger partial charge on any atom is -0.363 e. The lowest BCUT2D eigenvalue weighted by Gasteiger charge is -2.47. The normalized spacial score (nSPS) is 20.2. The van der Waals surface area contributed by atoms with Crippen LogP contribution in [0.2, 0.25) is 0 Å². The predicted molar refractivity (Wildman–Crippen MR) is 91.1 cm³/mol. The fourth-order valence-electron chi connectivity index (χ4n) is 3.63. The molecule has 0 aromatic rings. The summed E-state index contributed by atoms with van der Waals surface area (Å²) in [5.74, 6) is 0.821. The molecule has 0 unspecified atom stereocenters. The molecule has 0 bridgehead atoms. The molecule has 1 aliphatic heterocycles. The van der Waals surface area contributed by atoms with Gasteiger partial charge in [-0.2, -0.15) is 0 Å². The fraction of sp³-hybridized carbons (Fsp3) is 0.737. The summed E-state index contributed by atoms with van der Waals surface area (Å²) in [5.41, 5.74) is 4.21. The van der Waals surface area contributed by atoms with E-state index in [0.717, 1.165) is 11.1 Å². The van der Waals surface area contributed by atoms with Gasteiger partial charge < -0.3 is 4.90 Å². The molecule has 0 fully saturated rings. The Morgan fingerprint density at radius 1 is 0.905 bits per heavy atom. The molecule has 1 heterocycles. The lowest BCUT2D eigenvalue weighted by molar-refractivity contribution is -0.112. The number of allylic oxidation sites excluding steroid dienone is 3. The predicted octanol–water partition coefficient (Wildman–Crippen LogP) is 4.96. The monoisotopic (exact) mass is 291 g/mol. The highest BCUT2D eigenvalue weighted by Crippen LogP contribution is 2.41. The topological polar surface area (TPSA) is 20.3 Å². The van der Waals surface area contributed by atoms with Crippen LogP contribution >= 0.6 is 0 Å². The van der Waals surface area contributed by atoms with Crippen molar-refractivity contribution in [1.82, 2.24) is 4.90 Å². The number of carbonyl (C=O) groups excluding carboxylic acids is 1. The highest BCUT2D eigenvalue weighted by molar-refractivity contribution is 6.09. The Bertz CT molecular complexity index is 490. The number of hydrogen-bond donors (Lipinski definition) is 0. The molecule has 2 nitrogen and oxygen atoms in total. The number of Topliss-reactive ketones (excluding diaryl/α,β-unsaturated/α-hetero) is 1. The molecule has 0 aromatic carbocycles. The van der Waals surface area contributed by atoms with E-state index < -0.39 is 0 Å². The average Bonchev–Trinajstić information content (AvgIpc) is 2.38. The maximum atomic E-state index is 13.0. The van der Waals surface area contributed by atoms with E-state index in [4.69, 9.17) is 0 Å². The molecule has 1 aliphatic rings. The standard InChI is InChI=1S/C19H33NO/c1-11(2)16-17(12(3)4)20(13(5)6)19(9,10)15(8)14(7)18(16)21/h11-13H,1-10H3. The summed E-state index contributed by atoms with van der Waals surface area (Å²) in [5, 5.41) is 0. The van der Waals surface area contributed by atoms with Crippen molar-refractivity contribution in [1.29, 1.82) is 0 Å². The maximum Gasteiger partial charge on any atom is 0.186 e. The van der Waals surface area contributed by atoms with Crippen molar-refractivity contribution >= 4 is 5.78 Å². The first-order valence-corrected chi connectivity index (χ1v) is 8.20. The molecular formula is C19H33NO. The number of hydrogen-bond acceptors (Lipinski definition) is 2. The van der Waals surface area contributed by atoms with Gasteiger partial charge in [0, 0.05) is 17.3 Å². The maximum absolute atomic E-state index is 13.0. The summed E-state index contributed by atoms with van der Waals surface area (Å²) < 4.78 is 0. The molecule has 0 aromatic heterocycles. The van der Waals surface area contributed by atoms with Crippen LogP contribution in [0.3, 0.4) is 0 Å². The van der Waals surface area contributed by atoms with Crippen molar-refractivity contribution in [3.05, 3.63) is 22.4 Å². The first-order chi connectivity index (χ1) is 9.44. The summed E-state index contributed by atoms with van der Waals surface area (Å²) in [6.07, 6.45) is 0. The Balaban J connectivity index is 3.82. The van der Waals surface area contributed by atoms with Crippen LogP contribution in [0.25, 0.3) is 0 Å². The van der Waals surface area contributed by atoms with E-state index in [1.54, 1.807) is 0 Å². The average molecular weight is 291 g/mol. The number of carbonyl (C=O) groups is 1. The highest BCUT2D eigenvalue weighted by atomic mass is 16.1. The van der Waals surface area contributed by atoms with E-state index >= 15 is 0 Å². The van der Waals surface area contributed by atoms with Gasteiger partial charge in [-0.15, -0.1) is 0 Å². The summed E-state index contributed by atoms with van der Waals surface area (Å²) in [4.78, 5) is 15.5. The van der Waals surface area contributed by atoms with Crippen molar-refractivity contribution in [2.75, 3.05) is 0 Å². The van der Waals surface area contributed by atoms with Gasteiger partial charge in [0.25, 0.3) is 0 Å². The van der Waals surface area contributed by atoms with Gasteiger partial charge in [-0.1, -0.05) is 27.7 Å². The van der Waals surface area contributed by atoms with Crippen molar-refractivity contribution < 1.29 is 4.79 Å². The molecule has 0 atom stereocenters. The molecule has 2 heteroatoms. The van der Waals surface area contributed by atoms with Crippen LogP contribution in [0.4, 0.5) is 0 Å². The molecular weight excluding hydrogens is 258 g/mol. The molecule has 0 amide bonds. The molecule has 1 rings (SSSR count). The Morgan fingerprint density at radius 3 is 1.71 bits per heavy atom. The lowest BCUT2D eigenvalue weighted by atomic mass is 9.87. The van der Waals surface area contributed by atoms with Gasteiger partial charge in [-0.3, -0.25) is 4.79 Å². The van der Waals surface area contributed by atoms with Crippen molar-refractivity contribution in [3.8, 4) is 0 Å². The van der Waals surface area contributed by atoms with E-state index in [1.807, 2.05) is 6.92 Å². The zero-order valence-electron chi connectivity index (χ0n) is 15.6. The zero-order valence-corrected chi connectivity index (χ0v) is 15.6. The van der Waals surface area contributed by atoms with Crippen molar-refractivity contribution in [2.45, 2.75) is 80.8 Å². The van der Waals surface area contributed by atoms with E-state index in [9.17, 15) is 4.79 Å². The Kier molecular flexibility index (Phi) is 5.13. The number of rotatable bonds is 3. The van der Waals surface area contributed by atoms with Crippen LogP contribution in [0, 0.1) is 11.8 Å². The quantitative estimate of drug-likeness (QED) is 0.732. The zero-order chi connectivity index (χ0) is 16.7. The van der Waals surface area contributed by atoms with Crippen LogP contribution in [-0.4, -0.2) is 22.3 Å². The van der Waals surface area contributed by atoms with Gasteiger partial charge in [0.2, 0.25) is 0 Å². The second-order valence-electron chi connectivity index (χ2n) is 7.71. The third kappa shape index (κ3) is 2.95. The van der Waals surface area contributed by atoms with Crippen LogP contribution in [0.5, 0.6) is 0 Å². The highest BCUT2D eigenvalue weighted by Gasteiger charge is 2.40. The number of nitrogens with zero attached hydrogens (tertiary/aromatic N) is 1. The fourth-order valence-corrected chi connectivity index (χ4v) is 3.63. The van der Waals surface area contributed by atoms with Crippen LogP contribution in [0.15, 0.2) is 22.4 Å². The first kappa shape index (κ1) is 18.0. The molecule has 0 saturated carbocycles. The van der Waals surface area contributed by atoms with E-state index in [1.165, 1.54) is 11.3 Å². The summed E-state index contributed by atoms with van der Waals surface area (Å²) in [7, 11) is 0. The van der Waals surface area contributed by atoms with Crippen LogP contribution < -0.4 is 0 Å². The smallest absolute Gasteiger partial charge is 0.186 e. The largest absolute Gasteiger partial charge is 0.363 e. The van der Waals surface area contributed by atoms with Crippen molar-refractivity contribution in [2.24, 2.45) is 11.8 Å². The third-order valence-electron chi connectivity index (χ3n) is 4.84. The minimum atomic E-state index is -0.135. The molecule has 0 spiro atoms. The second-order valence-corrected chi connectivity index (χ2v) is 7.71. The summed E-state index contributed by atoms with van der Waals surface area (Å²) in [6, 6.07) is 0.361. The Morgan fingerprint density at radius 2 is 1.38 bits per heavy atom. The van der Waals surface area contributed by atoms with E-state index in [-0.39, 0.29) is 17.2 Å². The van der Waals surface area contributed by atoms with Gasteiger partial charge >= 0.3 is 0 Å². The molecule has 0 aliphatic carbocycles. The molecule has 21 heavy (non-hydrogen) atoms.